The fourth-order valence-corrected chi connectivity index (χ4v) is 3.40. The van der Waals surface area contributed by atoms with E-state index < -0.39 is 0 Å². The van der Waals surface area contributed by atoms with Gasteiger partial charge in [0.1, 0.15) is 5.01 Å². The van der Waals surface area contributed by atoms with Crippen LogP contribution in [0.15, 0.2) is 0 Å². The molecule has 0 aliphatic rings. The SMILES string of the molecule is CCc1nnc2sc(CCC(CCN)C(C)(C)C)nn12. The van der Waals surface area contributed by atoms with Gasteiger partial charge in [0.15, 0.2) is 5.82 Å². The van der Waals surface area contributed by atoms with Gasteiger partial charge in [0.25, 0.3) is 0 Å². The van der Waals surface area contributed by atoms with E-state index in [1.165, 1.54) is 0 Å². The lowest BCUT2D eigenvalue weighted by Gasteiger charge is -2.30. The van der Waals surface area contributed by atoms with Crippen LogP contribution in [-0.4, -0.2) is 26.4 Å². The van der Waals surface area contributed by atoms with Gasteiger partial charge < -0.3 is 5.73 Å². The van der Waals surface area contributed by atoms with Gasteiger partial charge in [0, 0.05) is 12.8 Å². The second kappa shape index (κ2) is 6.18. The van der Waals surface area contributed by atoms with Crippen molar-refractivity contribution in [2.24, 2.45) is 17.1 Å². The number of hydrogen-bond acceptors (Lipinski definition) is 5. The lowest BCUT2D eigenvalue weighted by Crippen LogP contribution is -2.24. The third-order valence-corrected chi connectivity index (χ3v) is 4.82. The predicted octanol–water partition coefficient (Wildman–Crippen LogP) is 2.69. The van der Waals surface area contributed by atoms with E-state index >= 15 is 0 Å². The summed E-state index contributed by atoms with van der Waals surface area (Å²) >= 11 is 1.65. The van der Waals surface area contributed by atoms with Crippen LogP contribution in [0.2, 0.25) is 0 Å². The maximum atomic E-state index is 5.74. The number of nitrogens with zero attached hydrogens (tertiary/aromatic N) is 4. The fourth-order valence-electron chi connectivity index (χ4n) is 2.53. The molecule has 2 heterocycles. The molecule has 0 bridgehead atoms. The van der Waals surface area contributed by atoms with Gasteiger partial charge in [-0.3, -0.25) is 0 Å². The number of aromatic nitrogens is 4. The zero-order valence-electron chi connectivity index (χ0n) is 12.9. The topological polar surface area (TPSA) is 69.1 Å². The van der Waals surface area contributed by atoms with Crippen LogP contribution in [0.25, 0.3) is 4.96 Å². The number of fused-ring (bicyclic) bond motifs is 1. The highest BCUT2D eigenvalue weighted by atomic mass is 32.1. The van der Waals surface area contributed by atoms with Crippen molar-refractivity contribution in [3.63, 3.8) is 0 Å². The molecule has 0 fully saturated rings. The number of nitrogens with two attached hydrogens (primary N) is 1. The zero-order chi connectivity index (χ0) is 14.8. The Labute approximate surface area is 124 Å². The molecule has 2 aromatic rings. The molecule has 2 aromatic heterocycles. The molecule has 2 N–H and O–H groups in total. The maximum absolute atomic E-state index is 5.74. The summed E-state index contributed by atoms with van der Waals surface area (Å²) in [4.78, 5) is 0.906. The quantitative estimate of drug-likeness (QED) is 0.889. The lowest BCUT2D eigenvalue weighted by molar-refractivity contribution is 0.215. The molecule has 1 atom stereocenters. The van der Waals surface area contributed by atoms with E-state index in [1.54, 1.807) is 11.3 Å². The maximum Gasteiger partial charge on any atom is 0.234 e. The molecule has 2 rings (SSSR count). The van der Waals surface area contributed by atoms with E-state index in [0.717, 1.165) is 48.0 Å². The van der Waals surface area contributed by atoms with E-state index in [-0.39, 0.29) is 0 Å². The summed E-state index contributed by atoms with van der Waals surface area (Å²) in [5.74, 6) is 1.57. The smallest absolute Gasteiger partial charge is 0.234 e. The van der Waals surface area contributed by atoms with Gasteiger partial charge in [-0.15, -0.1) is 10.2 Å². The summed E-state index contributed by atoms with van der Waals surface area (Å²) in [6.45, 7) is 9.71. The van der Waals surface area contributed by atoms with Crippen LogP contribution < -0.4 is 5.73 Å². The third kappa shape index (κ3) is 3.35. The van der Waals surface area contributed by atoms with Crippen molar-refractivity contribution in [2.45, 2.75) is 53.4 Å². The number of aryl methyl sites for hydroxylation is 2. The second-order valence-corrected chi connectivity index (χ2v) is 7.38. The zero-order valence-corrected chi connectivity index (χ0v) is 13.7. The van der Waals surface area contributed by atoms with E-state index in [2.05, 4.69) is 43.0 Å². The molecule has 0 radical (unpaired) electrons. The Morgan fingerprint density at radius 2 is 2.00 bits per heavy atom. The van der Waals surface area contributed by atoms with Gasteiger partial charge in [-0.25, -0.2) is 0 Å². The van der Waals surface area contributed by atoms with Crippen LogP contribution in [0.5, 0.6) is 0 Å². The Hall–Kier alpha value is -1.01. The van der Waals surface area contributed by atoms with Crippen LogP contribution in [0, 0.1) is 11.3 Å². The van der Waals surface area contributed by atoms with Crippen LogP contribution in [0.1, 0.15) is 51.4 Å². The molecule has 0 saturated heterocycles. The van der Waals surface area contributed by atoms with E-state index in [4.69, 9.17) is 5.73 Å². The second-order valence-electron chi connectivity index (χ2n) is 6.34. The van der Waals surface area contributed by atoms with Crippen molar-refractivity contribution >= 4 is 16.3 Å². The standard InChI is InChI=1S/C14H25N5S/c1-5-11-16-17-13-19(11)18-12(20-13)7-6-10(8-9-15)14(2,3)4/h10H,5-9,15H2,1-4H3. The van der Waals surface area contributed by atoms with Crippen LogP contribution in [-0.2, 0) is 12.8 Å². The molecule has 1 unspecified atom stereocenters. The Kier molecular flexibility index (Phi) is 4.75. The Morgan fingerprint density at radius 3 is 2.60 bits per heavy atom. The van der Waals surface area contributed by atoms with E-state index in [1.807, 2.05) is 4.52 Å². The van der Waals surface area contributed by atoms with Crippen molar-refractivity contribution < 1.29 is 0 Å². The van der Waals surface area contributed by atoms with Gasteiger partial charge in [-0.1, -0.05) is 39.0 Å². The lowest BCUT2D eigenvalue weighted by atomic mass is 9.76. The summed E-state index contributed by atoms with van der Waals surface area (Å²) in [7, 11) is 0. The molecule has 0 aliphatic heterocycles. The number of rotatable bonds is 6. The van der Waals surface area contributed by atoms with Crippen molar-refractivity contribution in [3.05, 3.63) is 10.8 Å². The van der Waals surface area contributed by atoms with Gasteiger partial charge >= 0.3 is 0 Å². The molecule has 6 heteroatoms. The minimum absolute atomic E-state index is 0.299. The van der Waals surface area contributed by atoms with Gasteiger partial charge in [0.2, 0.25) is 4.96 Å². The molecule has 0 amide bonds. The highest BCUT2D eigenvalue weighted by molar-refractivity contribution is 7.16. The van der Waals surface area contributed by atoms with Crippen LogP contribution in [0.4, 0.5) is 0 Å². The molecule has 0 aliphatic carbocycles. The highest BCUT2D eigenvalue weighted by Crippen LogP contribution is 2.32. The molecule has 0 spiro atoms. The van der Waals surface area contributed by atoms with Gasteiger partial charge in [0.05, 0.1) is 0 Å². The summed E-state index contributed by atoms with van der Waals surface area (Å²) in [6.07, 6.45) is 4.07. The van der Waals surface area contributed by atoms with Crippen molar-refractivity contribution in [3.8, 4) is 0 Å². The first-order chi connectivity index (χ1) is 9.45. The summed E-state index contributed by atoms with van der Waals surface area (Å²) in [6, 6.07) is 0. The van der Waals surface area contributed by atoms with E-state index in [9.17, 15) is 0 Å². The molecular weight excluding hydrogens is 270 g/mol. The van der Waals surface area contributed by atoms with Crippen molar-refractivity contribution in [2.75, 3.05) is 6.54 Å². The van der Waals surface area contributed by atoms with E-state index in [0.29, 0.717) is 11.3 Å². The Morgan fingerprint density at radius 1 is 1.25 bits per heavy atom. The Bertz CT molecular complexity index is 551. The Balaban J connectivity index is 2.06. The van der Waals surface area contributed by atoms with Crippen molar-refractivity contribution in [1.82, 2.24) is 19.8 Å². The average molecular weight is 295 g/mol. The van der Waals surface area contributed by atoms with Crippen LogP contribution >= 0.6 is 11.3 Å². The van der Waals surface area contributed by atoms with Gasteiger partial charge in [-0.2, -0.15) is 9.61 Å². The third-order valence-electron chi connectivity index (χ3n) is 3.86. The van der Waals surface area contributed by atoms with Gasteiger partial charge in [-0.05, 0) is 30.7 Å². The summed E-state index contributed by atoms with van der Waals surface area (Å²) in [5.41, 5.74) is 6.04. The largest absolute Gasteiger partial charge is 0.330 e. The minimum atomic E-state index is 0.299. The number of hydrogen-bond donors (Lipinski definition) is 1. The van der Waals surface area contributed by atoms with Crippen LogP contribution in [0.3, 0.4) is 0 Å². The molecule has 0 aromatic carbocycles. The first-order valence-electron chi connectivity index (χ1n) is 7.35. The molecule has 20 heavy (non-hydrogen) atoms. The molecular formula is C14H25N5S. The first-order valence-corrected chi connectivity index (χ1v) is 8.17. The predicted molar refractivity (Wildman–Crippen MR) is 83.0 cm³/mol. The van der Waals surface area contributed by atoms with Crippen molar-refractivity contribution in [1.29, 1.82) is 0 Å². The molecule has 5 nitrogen and oxygen atoms in total. The molecule has 0 saturated carbocycles. The minimum Gasteiger partial charge on any atom is -0.330 e. The first kappa shape index (κ1) is 15.4. The summed E-state index contributed by atoms with van der Waals surface area (Å²) < 4.78 is 1.88. The average Bonchev–Trinajstić information content (AvgIpc) is 2.92. The highest BCUT2D eigenvalue weighted by Gasteiger charge is 2.24. The normalized spacial score (nSPS) is 14.1. The summed E-state index contributed by atoms with van der Waals surface area (Å²) in [5, 5.41) is 14.1. The fraction of sp³-hybridized carbons (Fsp3) is 0.786. The molecule has 112 valence electrons. The monoisotopic (exact) mass is 295 g/mol.